The van der Waals surface area contributed by atoms with Crippen molar-refractivity contribution >= 4 is 0 Å². The van der Waals surface area contributed by atoms with Crippen LogP contribution < -0.4 is 5.32 Å². The molecule has 0 saturated carbocycles. The molecular weight excluding hydrogens is 148 g/mol. The first-order valence-corrected chi connectivity index (χ1v) is 5.00. The van der Waals surface area contributed by atoms with E-state index in [9.17, 15) is 0 Å². The van der Waals surface area contributed by atoms with Gasteiger partial charge in [-0.2, -0.15) is 0 Å². The maximum atomic E-state index is 3.44. The highest BCUT2D eigenvalue weighted by atomic mass is 15.3. The Bertz CT molecular complexity index is 137. The Morgan fingerprint density at radius 1 is 1.42 bits per heavy atom. The molecule has 0 aliphatic carbocycles. The Kier molecular flexibility index (Phi) is 3.13. The molecule has 1 heterocycles. The molecule has 72 valence electrons. The minimum absolute atomic E-state index is 0.415. The summed E-state index contributed by atoms with van der Waals surface area (Å²) in [6.07, 6.45) is 1.26. The van der Waals surface area contributed by atoms with Crippen LogP contribution in [-0.2, 0) is 0 Å². The molecule has 1 aliphatic heterocycles. The standard InChI is InChI=1S/C10H22N2/c1-5-6-12-8-11-7-9(12)10(2,3)4/h9,11H,5-8H2,1-4H3. The van der Waals surface area contributed by atoms with E-state index < -0.39 is 0 Å². The van der Waals surface area contributed by atoms with E-state index in [4.69, 9.17) is 0 Å². The SMILES string of the molecule is CCCN1CNCC1C(C)(C)C. The zero-order valence-corrected chi connectivity index (χ0v) is 8.85. The lowest BCUT2D eigenvalue weighted by molar-refractivity contribution is 0.149. The maximum Gasteiger partial charge on any atom is 0.0484 e. The van der Waals surface area contributed by atoms with Gasteiger partial charge in [0, 0.05) is 19.3 Å². The Labute approximate surface area is 76.3 Å². The molecule has 1 rings (SSSR count). The van der Waals surface area contributed by atoms with Crippen LogP contribution in [-0.4, -0.2) is 30.7 Å². The first kappa shape index (κ1) is 10.0. The van der Waals surface area contributed by atoms with Crippen molar-refractivity contribution in [2.24, 2.45) is 5.41 Å². The van der Waals surface area contributed by atoms with Crippen molar-refractivity contribution in [3.63, 3.8) is 0 Å². The third-order valence-corrected chi connectivity index (χ3v) is 2.60. The maximum absolute atomic E-state index is 3.44. The van der Waals surface area contributed by atoms with Gasteiger partial charge >= 0.3 is 0 Å². The summed E-state index contributed by atoms with van der Waals surface area (Å²) in [5.74, 6) is 0. The van der Waals surface area contributed by atoms with Gasteiger partial charge < -0.3 is 5.32 Å². The molecule has 1 aliphatic rings. The highest BCUT2D eigenvalue weighted by Crippen LogP contribution is 2.25. The lowest BCUT2D eigenvalue weighted by Crippen LogP contribution is -2.41. The van der Waals surface area contributed by atoms with E-state index in [0.29, 0.717) is 5.41 Å². The highest BCUT2D eigenvalue weighted by Gasteiger charge is 2.32. The number of nitrogens with zero attached hydrogens (tertiary/aromatic N) is 1. The van der Waals surface area contributed by atoms with Crippen molar-refractivity contribution in [2.45, 2.75) is 40.2 Å². The van der Waals surface area contributed by atoms with E-state index >= 15 is 0 Å². The molecule has 0 aromatic carbocycles. The van der Waals surface area contributed by atoms with E-state index in [1.54, 1.807) is 0 Å². The number of hydrogen-bond donors (Lipinski definition) is 1. The van der Waals surface area contributed by atoms with Crippen molar-refractivity contribution in [1.29, 1.82) is 0 Å². The van der Waals surface area contributed by atoms with E-state index in [-0.39, 0.29) is 0 Å². The van der Waals surface area contributed by atoms with Crippen molar-refractivity contribution in [3.8, 4) is 0 Å². The van der Waals surface area contributed by atoms with E-state index in [1.165, 1.54) is 13.0 Å². The van der Waals surface area contributed by atoms with Gasteiger partial charge in [-0.15, -0.1) is 0 Å². The van der Waals surface area contributed by atoms with Crippen molar-refractivity contribution in [3.05, 3.63) is 0 Å². The predicted molar refractivity (Wildman–Crippen MR) is 53.1 cm³/mol. The van der Waals surface area contributed by atoms with Gasteiger partial charge in [0.25, 0.3) is 0 Å². The molecule has 0 bridgehead atoms. The summed E-state index contributed by atoms with van der Waals surface area (Å²) in [6, 6.07) is 0.720. The summed E-state index contributed by atoms with van der Waals surface area (Å²) >= 11 is 0. The van der Waals surface area contributed by atoms with Crippen LogP contribution in [0.25, 0.3) is 0 Å². The molecule has 1 N–H and O–H groups in total. The third-order valence-electron chi connectivity index (χ3n) is 2.60. The van der Waals surface area contributed by atoms with Gasteiger partial charge in [-0.05, 0) is 18.4 Å². The summed E-state index contributed by atoms with van der Waals surface area (Å²) in [6.45, 7) is 12.7. The summed E-state index contributed by atoms with van der Waals surface area (Å²) in [5, 5.41) is 3.44. The Morgan fingerprint density at radius 2 is 2.08 bits per heavy atom. The Morgan fingerprint density at radius 3 is 2.58 bits per heavy atom. The summed E-state index contributed by atoms with van der Waals surface area (Å²) < 4.78 is 0. The van der Waals surface area contributed by atoms with Crippen LogP contribution in [0.3, 0.4) is 0 Å². The zero-order chi connectivity index (χ0) is 9.19. The fraction of sp³-hybridized carbons (Fsp3) is 1.00. The molecule has 1 atom stereocenters. The van der Waals surface area contributed by atoms with Crippen LogP contribution in [0, 0.1) is 5.41 Å². The fourth-order valence-corrected chi connectivity index (χ4v) is 1.96. The summed E-state index contributed by atoms with van der Waals surface area (Å²) in [5.41, 5.74) is 0.415. The zero-order valence-electron chi connectivity index (χ0n) is 8.85. The van der Waals surface area contributed by atoms with Gasteiger partial charge in [-0.3, -0.25) is 4.90 Å². The molecule has 2 heteroatoms. The normalized spacial score (nSPS) is 26.5. The fourth-order valence-electron chi connectivity index (χ4n) is 1.96. The monoisotopic (exact) mass is 170 g/mol. The molecule has 0 radical (unpaired) electrons. The van der Waals surface area contributed by atoms with Crippen LogP contribution in [0.2, 0.25) is 0 Å². The summed E-state index contributed by atoms with van der Waals surface area (Å²) in [4.78, 5) is 2.56. The van der Waals surface area contributed by atoms with Crippen molar-refractivity contribution < 1.29 is 0 Å². The number of hydrogen-bond acceptors (Lipinski definition) is 2. The minimum atomic E-state index is 0.415. The molecule has 1 unspecified atom stereocenters. The van der Waals surface area contributed by atoms with Gasteiger partial charge in [-0.25, -0.2) is 0 Å². The minimum Gasteiger partial charge on any atom is -0.303 e. The second-order valence-electron chi connectivity index (χ2n) is 4.81. The average molecular weight is 170 g/mol. The summed E-state index contributed by atoms with van der Waals surface area (Å²) in [7, 11) is 0. The Hall–Kier alpha value is -0.0800. The van der Waals surface area contributed by atoms with Gasteiger partial charge in [0.15, 0.2) is 0 Å². The average Bonchev–Trinajstić information content (AvgIpc) is 2.34. The second kappa shape index (κ2) is 3.75. The predicted octanol–water partition coefficient (Wildman–Crippen LogP) is 1.67. The van der Waals surface area contributed by atoms with Crippen LogP contribution in [0.4, 0.5) is 0 Å². The molecule has 1 saturated heterocycles. The van der Waals surface area contributed by atoms with Crippen LogP contribution in [0.1, 0.15) is 34.1 Å². The lowest BCUT2D eigenvalue weighted by atomic mass is 9.86. The largest absolute Gasteiger partial charge is 0.303 e. The molecule has 0 aromatic rings. The highest BCUT2D eigenvalue weighted by molar-refractivity contribution is 4.88. The molecule has 12 heavy (non-hydrogen) atoms. The molecule has 2 nitrogen and oxygen atoms in total. The van der Waals surface area contributed by atoms with Crippen molar-refractivity contribution in [1.82, 2.24) is 10.2 Å². The lowest BCUT2D eigenvalue weighted by Gasteiger charge is -2.33. The van der Waals surface area contributed by atoms with Gasteiger partial charge in [0.05, 0.1) is 0 Å². The quantitative estimate of drug-likeness (QED) is 0.678. The molecular formula is C10H22N2. The van der Waals surface area contributed by atoms with E-state index in [0.717, 1.165) is 19.3 Å². The number of nitrogens with one attached hydrogen (secondary N) is 1. The smallest absolute Gasteiger partial charge is 0.0484 e. The van der Waals surface area contributed by atoms with Crippen LogP contribution in [0.5, 0.6) is 0 Å². The van der Waals surface area contributed by atoms with E-state index in [2.05, 4.69) is 37.9 Å². The Balaban J connectivity index is 2.52. The molecule has 0 aromatic heterocycles. The van der Waals surface area contributed by atoms with Crippen LogP contribution >= 0.6 is 0 Å². The topological polar surface area (TPSA) is 15.3 Å². The second-order valence-corrected chi connectivity index (χ2v) is 4.81. The third kappa shape index (κ3) is 2.20. The van der Waals surface area contributed by atoms with Gasteiger partial charge in [-0.1, -0.05) is 27.7 Å². The molecule has 0 amide bonds. The number of rotatable bonds is 2. The first-order chi connectivity index (χ1) is 5.55. The van der Waals surface area contributed by atoms with Crippen molar-refractivity contribution in [2.75, 3.05) is 19.8 Å². The van der Waals surface area contributed by atoms with Crippen LogP contribution in [0.15, 0.2) is 0 Å². The van der Waals surface area contributed by atoms with Gasteiger partial charge in [0.1, 0.15) is 0 Å². The molecule has 0 spiro atoms. The first-order valence-electron chi connectivity index (χ1n) is 5.00. The van der Waals surface area contributed by atoms with Gasteiger partial charge in [0.2, 0.25) is 0 Å². The van der Waals surface area contributed by atoms with E-state index in [1.807, 2.05) is 0 Å². The molecule has 1 fully saturated rings.